The first-order chi connectivity index (χ1) is 22.8. The Morgan fingerprint density at radius 3 is 1.49 bits per heavy atom. The first-order valence-electron chi connectivity index (χ1n) is 16.0. The van der Waals surface area contributed by atoms with Crippen LogP contribution in [0.4, 0.5) is 32.9 Å². The number of aromatic nitrogens is 2. The molecule has 4 amide bonds. The number of anilines is 4. The lowest BCUT2D eigenvalue weighted by atomic mass is 10.2. The molecule has 266 valence electrons. The Kier molecular flexibility index (Phi) is 13.5. The summed E-state index contributed by atoms with van der Waals surface area (Å²) in [5.41, 5.74) is 10.6. The van der Waals surface area contributed by atoms with Crippen molar-refractivity contribution in [2.45, 2.75) is 65.6 Å². The number of ether oxygens (including phenoxy) is 2. The molecule has 0 spiro atoms. The van der Waals surface area contributed by atoms with E-state index in [9.17, 15) is 19.2 Å². The molecule has 15 nitrogen and oxygen atoms in total. The van der Waals surface area contributed by atoms with E-state index < -0.39 is 11.2 Å². The lowest BCUT2D eigenvalue weighted by Gasteiger charge is -2.36. The Balaban J connectivity index is 0.000000217. The molecule has 4 N–H and O–H groups in total. The first-order valence-corrected chi connectivity index (χ1v) is 16.8. The molecule has 3 aliphatic rings. The van der Waals surface area contributed by atoms with Crippen molar-refractivity contribution in [3.63, 3.8) is 0 Å². The second-order valence-electron chi connectivity index (χ2n) is 13.5. The molecule has 0 aliphatic carbocycles. The van der Waals surface area contributed by atoms with Crippen LogP contribution in [0.1, 0.15) is 54.4 Å². The van der Waals surface area contributed by atoms with E-state index in [2.05, 4.69) is 35.7 Å². The van der Waals surface area contributed by atoms with Gasteiger partial charge in [-0.2, -0.15) is 0 Å². The number of nitrogen functional groups attached to an aromatic ring is 2. The van der Waals surface area contributed by atoms with Gasteiger partial charge in [0.1, 0.15) is 34.5 Å². The van der Waals surface area contributed by atoms with Crippen molar-refractivity contribution in [1.82, 2.24) is 24.6 Å². The van der Waals surface area contributed by atoms with Crippen LogP contribution in [0, 0.1) is 0 Å². The molecule has 0 bridgehead atoms. The molecule has 49 heavy (non-hydrogen) atoms. The smallest absolute Gasteiger partial charge is 0.410 e. The van der Waals surface area contributed by atoms with Crippen LogP contribution in [-0.4, -0.2) is 120 Å². The van der Waals surface area contributed by atoms with Crippen LogP contribution in [0.25, 0.3) is 0 Å². The molecule has 5 heterocycles. The fraction of sp³-hybridized carbons (Fsp3) is 0.562. The summed E-state index contributed by atoms with van der Waals surface area (Å²) in [6.07, 6.45) is 0.0353. The standard InChI is InChI=1S/C14H21BrN4O2.C14H22N4O2.C4H4BNO2/c1-14(2,3)21-13(20)19-8-6-18(7-9-19)11-5-4-10(15)12(16)17-11;1-14(2,3)20-13(19)18-9-7-17(8-10-18)12-6-4-5-11(15)16-12;5-6-3(7)1-2-4(6)8/h4-5H,6-9H2,1-3H3,(H2,16,17);4-6H,7-10H2,1-3H3,(H2,15,16);1-2H2. The van der Waals surface area contributed by atoms with Gasteiger partial charge in [-0.15, -0.1) is 0 Å². The minimum atomic E-state index is -0.462. The molecule has 2 aromatic rings. The van der Waals surface area contributed by atoms with E-state index in [1.54, 1.807) is 15.9 Å². The van der Waals surface area contributed by atoms with Crippen molar-refractivity contribution in [3.8, 4) is 0 Å². The van der Waals surface area contributed by atoms with E-state index in [-0.39, 0.29) is 36.8 Å². The Morgan fingerprint density at radius 2 is 1.14 bits per heavy atom. The number of hydrogen-bond donors (Lipinski definition) is 2. The van der Waals surface area contributed by atoms with Crippen LogP contribution in [0.2, 0.25) is 0 Å². The highest BCUT2D eigenvalue weighted by Gasteiger charge is 2.28. The molecular weight excluding hydrogens is 697 g/mol. The van der Waals surface area contributed by atoms with Gasteiger partial charge >= 0.3 is 12.2 Å². The molecule has 3 aliphatic heterocycles. The van der Waals surface area contributed by atoms with Gasteiger partial charge in [-0.3, -0.25) is 9.59 Å². The lowest BCUT2D eigenvalue weighted by Crippen LogP contribution is -2.50. The summed E-state index contributed by atoms with van der Waals surface area (Å²) in [7, 11) is 4.96. The zero-order valence-corrected chi connectivity index (χ0v) is 30.7. The molecule has 17 heteroatoms. The predicted molar refractivity (Wildman–Crippen MR) is 192 cm³/mol. The number of imide groups is 1. The number of nitrogens with zero attached hydrogens (tertiary/aromatic N) is 7. The van der Waals surface area contributed by atoms with Crippen LogP contribution < -0.4 is 21.3 Å². The number of rotatable bonds is 2. The topological polar surface area (TPSA) is 181 Å². The molecule has 3 saturated heterocycles. The molecule has 3 fully saturated rings. The van der Waals surface area contributed by atoms with Crippen molar-refractivity contribution < 1.29 is 28.7 Å². The minimum Gasteiger partial charge on any atom is -0.444 e. The zero-order valence-electron chi connectivity index (χ0n) is 29.1. The summed E-state index contributed by atoms with van der Waals surface area (Å²) in [6, 6.07) is 9.39. The monoisotopic (exact) mass is 743 g/mol. The fourth-order valence-corrected chi connectivity index (χ4v) is 4.94. The Bertz CT molecular complexity index is 1450. The van der Waals surface area contributed by atoms with E-state index >= 15 is 0 Å². The second-order valence-corrected chi connectivity index (χ2v) is 14.4. The van der Waals surface area contributed by atoms with Crippen molar-refractivity contribution in [1.29, 1.82) is 0 Å². The zero-order chi connectivity index (χ0) is 36.5. The number of pyridine rings is 2. The van der Waals surface area contributed by atoms with Crippen LogP contribution in [0.3, 0.4) is 0 Å². The van der Waals surface area contributed by atoms with Gasteiger partial charge in [0.15, 0.2) is 0 Å². The van der Waals surface area contributed by atoms with Crippen LogP contribution in [-0.2, 0) is 19.1 Å². The number of piperazine rings is 2. The predicted octanol–water partition coefficient (Wildman–Crippen LogP) is 3.42. The number of carbonyl (C=O) groups is 4. The van der Waals surface area contributed by atoms with E-state index in [4.69, 9.17) is 28.9 Å². The normalized spacial score (nSPS) is 16.8. The molecule has 0 saturated carbocycles. The fourth-order valence-electron chi connectivity index (χ4n) is 4.72. The highest BCUT2D eigenvalue weighted by Crippen LogP contribution is 2.23. The van der Waals surface area contributed by atoms with E-state index in [1.807, 2.05) is 65.8 Å². The van der Waals surface area contributed by atoms with Crippen LogP contribution in [0.5, 0.6) is 0 Å². The molecule has 0 atom stereocenters. The van der Waals surface area contributed by atoms with Gasteiger partial charge in [0.05, 0.1) is 4.47 Å². The van der Waals surface area contributed by atoms with Gasteiger partial charge in [0.2, 0.25) is 19.8 Å². The van der Waals surface area contributed by atoms with Gasteiger partial charge in [0.25, 0.3) is 0 Å². The molecule has 2 radical (unpaired) electrons. The maximum Gasteiger partial charge on any atom is 0.410 e. The summed E-state index contributed by atoms with van der Waals surface area (Å²) in [4.78, 5) is 61.7. The minimum absolute atomic E-state index is 0.252. The molecule has 5 rings (SSSR count). The summed E-state index contributed by atoms with van der Waals surface area (Å²) in [5.74, 6) is 2.11. The number of carbonyl (C=O) groups excluding carboxylic acids is 4. The summed E-state index contributed by atoms with van der Waals surface area (Å²) in [5, 5.41) is 0. The van der Waals surface area contributed by atoms with Crippen molar-refractivity contribution in [2.24, 2.45) is 0 Å². The Morgan fingerprint density at radius 1 is 0.714 bits per heavy atom. The van der Waals surface area contributed by atoms with E-state index in [1.165, 1.54) is 0 Å². The maximum absolute atomic E-state index is 12.0. The Hall–Kier alpha value is -4.28. The van der Waals surface area contributed by atoms with Gasteiger partial charge in [-0.25, -0.2) is 19.6 Å². The average Bonchev–Trinajstić information content (AvgIpc) is 3.32. The van der Waals surface area contributed by atoms with Gasteiger partial charge < -0.3 is 45.4 Å². The summed E-state index contributed by atoms with van der Waals surface area (Å²) in [6.45, 7) is 16.6. The van der Waals surface area contributed by atoms with Gasteiger partial charge in [-0.1, -0.05) is 6.07 Å². The third kappa shape index (κ3) is 12.6. The van der Waals surface area contributed by atoms with E-state index in [0.29, 0.717) is 55.7 Å². The maximum atomic E-state index is 12.0. The van der Waals surface area contributed by atoms with Crippen LogP contribution in [0.15, 0.2) is 34.8 Å². The van der Waals surface area contributed by atoms with Crippen molar-refractivity contribution in [2.75, 3.05) is 73.6 Å². The van der Waals surface area contributed by atoms with Gasteiger partial charge in [0, 0.05) is 65.2 Å². The number of halogens is 1. The Labute approximate surface area is 297 Å². The quantitative estimate of drug-likeness (QED) is 0.339. The highest BCUT2D eigenvalue weighted by molar-refractivity contribution is 9.10. The molecule has 0 unspecified atom stereocenters. The van der Waals surface area contributed by atoms with Gasteiger partial charge in [-0.05, 0) is 81.7 Å². The number of hydrogen-bond acceptors (Lipinski definition) is 12. The highest BCUT2D eigenvalue weighted by atomic mass is 79.9. The van der Waals surface area contributed by atoms with Crippen molar-refractivity contribution in [3.05, 3.63) is 34.8 Å². The lowest BCUT2D eigenvalue weighted by molar-refractivity contribution is -0.132. The number of amides is 4. The van der Waals surface area contributed by atoms with E-state index in [0.717, 1.165) is 29.2 Å². The third-order valence-electron chi connectivity index (χ3n) is 7.22. The summed E-state index contributed by atoms with van der Waals surface area (Å²) >= 11 is 3.33. The molecule has 0 aromatic carbocycles. The largest absolute Gasteiger partial charge is 0.444 e. The third-order valence-corrected chi connectivity index (χ3v) is 7.89. The SMILES string of the molecule is CC(C)(C)OC(=O)N1CCN(c2ccc(Br)c(N)n2)CC1.CC(C)(C)OC(=O)N1CCN(c2cccc(N)n2)CC1.[B]N1C(=O)CCC1=O. The molecule has 2 aromatic heterocycles. The first kappa shape index (κ1) is 39.2. The average molecular weight is 745 g/mol. The molecular formula is C32H47BBrN9O6. The van der Waals surface area contributed by atoms with Crippen LogP contribution >= 0.6 is 15.9 Å². The second kappa shape index (κ2) is 16.9. The number of nitrogens with two attached hydrogens (primary N) is 2. The summed E-state index contributed by atoms with van der Waals surface area (Å²) < 4.78 is 11.5. The van der Waals surface area contributed by atoms with Crippen molar-refractivity contribution >= 4 is 71.2 Å².